The number of hydrogen-bond acceptors (Lipinski definition) is 4. The molecule has 1 fully saturated rings. The van der Waals surface area contributed by atoms with E-state index < -0.39 is 17.7 Å². The van der Waals surface area contributed by atoms with Crippen LogP contribution in [-0.4, -0.2) is 35.9 Å². The van der Waals surface area contributed by atoms with Gasteiger partial charge in [0.15, 0.2) is 0 Å². The van der Waals surface area contributed by atoms with E-state index in [9.17, 15) is 14.4 Å². The Morgan fingerprint density at radius 2 is 1.93 bits per heavy atom. The number of likely N-dealkylation sites (tertiary alicyclic amines) is 1. The first-order valence-electron chi connectivity index (χ1n) is 9.24. The van der Waals surface area contributed by atoms with Crippen molar-refractivity contribution >= 4 is 36.0 Å². The van der Waals surface area contributed by atoms with Crippen LogP contribution in [0.3, 0.4) is 0 Å². The van der Waals surface area contributed by atoms with Crippen LogP contribution in [0.1, 0.15) is 38.3 Å². The van der Waals surface area contributed by atoms with Crippen LogP contribution in [0.5, 0.6) is 0 Å². The molecule has 1 saturated heterocycles. The highest BCUT2D eigenvalue weighted by atomic mass is 35.5. The highest BCUT2D eigenvalue weighted by molar-refractivity contribution is 6.35. The smallest absolute Gasteiger partial charge is 0.313 e. The maximum Gasteiger partial charge on any atom is 0.313 e. The summed E-state index contributed by atoms with van der Waals surface area (Å²) in [7, 11) is 0. The number of piperidine rings is 1. The molecule has 0 aliphatic carbocycles. The van der Waals surface area contributed by atoms with Gasteiger partial charge in [-0.1, -0.05) is 30.7 Å². The highest BCUT2D eigenvalue weighted by Crippen LogP contribution is 2.33. The third-order valence-electron chi connectivity index (χ3n) is 4.72. The molecule has 1 aliphatic rings. The van der Waals surface area contributed by atoms with E-state index in [1.165, 1.54) is 12.3 Å². The number of nitrogens with two attached hydrogens (primary N) is 1. The Labute approximate surface area is 175 Å². The molecule has 3 amide bonds. The summed E-state index contributed by atoms with van der Waals surface area (Å²) in [5, 5.41) is 3.13. The molecule has 0 aromatic heterocycles. The van der Waals surface area contributed by atoms with Crippen LogP contribution in [0, 0.1) is 5.92 Å². The summed E-state index contributed by atoms with van der Waals surface area (Å²) >= 11 is 5.97. The Balaban J connectivity index is 2.19. The fourth-order valence-corrected chi connectivity index (χ4v) is 3.44. The molecule has 0 radical (unpaired) electrons. The zero-order chi connectivity index (χ0) is 21.6. The van der Waals surface area contributed by atoms with Gasteiger partial charge in [0.2, 0.25) is 5.91 Å². The standard InChI is InChI=1S/C21H25ClN4O3/c1-13-4-9-18(15-5-7-17(22)8-6-15)26(12-13)21(29)20(28)25-14(2)10-16(11-24-3)19(23)27/h5-8,10-11,13,18H,3-4,9,12H2,1-2H3,(H2,23,27)(H,25,28)/b14-10+,16-11+/t13-,18+/m0/s1. The van der Waals surface area contributed by atoms with Crippen molar-refractivity contribution in [1.82, 2.24) is 10.2 Å². The van der Waals surface area contributed by atoms with Crippen molar-refractivity contribution in [2.45, 2.75) is 32.7 Å². The first-order valence-corrected chi connectivity index (χ1v) is 9.62. The lowest BCUT2D eigenvalue weighted by molar-refractivity contribution is -0.148. The molecule has 154 valence electrons. The number of amides is 3. The maximum atomic E-state index is 12.9. The molecule has 1 aliphatic heterocycles. The largest absolute Gasteiger partial charge is 0.366 e. The molecular weight excluding hydrogens is 392 g/mol. The van der Waals surface area contributed by atoms with Crippen molar-refractivity contribution in [1.29, 1.82) is 0 Å². The molecule has 1 aromatic rings. The van der Waals surface area contributed by atoms with E-state index in [0.29, 0.717) is 17.3 Å². The van der Waals surface area contributed by atoms with Crippen molar-refractivity contribution in [2.24, 2.45) is 16.6 Å². The number of benzene rings is 1. The molecule has 29 heavy (non-hydrogen) atoms. The lowest BCUT2D eigenvalue weighted by atomic mass is 9.90. The van der Waals surface area contributed by atoms with Crippen LogP contribution in [0.4, 0.5) is 0 Å². The third kappa shape index (κ3) is 6.02. The number of nitrogens with one attached hydrogen (secondary N) is 1. The minimum atomic E-state index is -0.776. The number of allylic oxidation sites excluding steroid dienone is 1. The van der Waals surface area contributed by atoms with E-state index in [0.717, 1.165) is 18.4 Å². The van der Waals surface area contributed by atoms with Crippen molar-refractivity contribution in [3.8, 4) is 0 Å². The van der Waals surface area contributed by atoms with Crippen LogP contribution < -0.4 is 11.1 Å². The number of carbonyl (C=O) groups excluding carboxylic acids is 3. The van der Waals surface area contributed by atoms with Gasteiger partial charge in [-0.15, -0.1) is 0 Å². The first-order chi connectivity index (χ1) is 13.7. The van der Waals surface area contributed by atoms with Crippen LogP contribution in [0.2, 0.25) is 5.02 Å². The Kier molecular flexibility index (Phi) is 7.73. The molecule has 2 atom stereocenters. The molecular formula is C21H25ClN4O3. The Morgan fingerprint density at radius 1 is 1.28 bits per heavy atom. The normalized spacial score (nSPS) is 20.2. The summed E-state index contributed by atoms with van der Waals surface area (Å²) in [6.07, 6.45) is 4.25. The van der Waals surface area contributed by atoms with Crippen LogP contribution in [0.15, 0.2) is 52.8 Å². The molecule has 1 heterocycles. The molecule has 0 bridgehead atoms. The van der Waals surface area contributed by atoms with Gasteiger partial charge in [0.1, 0.15) is 0 Å². The zero-order valence-electron chi connectivity index (χ0n) is 16.5. The molecule has 0 spiro atoms. The average molecular weight is 417 g/mol. The summed E-state index contributed by atoms with van der Waals surface area (Å²) in [5.74, 6) is -1.84. The topological polar surface area (TPSA) is 105 Å². The monoisotopic (exact) mass is 416 g/mol. The van der Waals surface area contributed by atoms with Gasteiger partial charge in [-0.25, -0.2) is 0 Å². The van der Waals surface area contributed by atoms with Crippen LogP contribution in [0.25, 0.3) is 0 Å². The molecule has 0 saturated carbocycles. The number of rotatable bonds is 5. The lowest BCUT2D eigenvalue weighted by Gasteiger charge is -2.38. The molecule has 3 N–H and O–H groups in total. The zero-order valence-corrected chi connectivity index (χ0v) is 17.3. The van der Waals surface area contributed by atoms with Crippen molar-refractivity contribution in [2.75, 3.05) is 6.54 Å². The van der Waals surface area contributed by atoms with E-state index in [-0.39, 0.29) is 17.5 Å². The van der Waals surface area contributed by atoms with Gasteiger partial charge in [0.25, 0.3) is 0 Å². The lowest BCUT2D eigenvalue weighted by Crippen LogP contribution is -2.48. The maximum absolute atomic E-state index is 12.9. The molecule has 1 aromatic carbocycles. The molecule has 7 nitrogen and oxygen atoms in total. The Hall–Kier alpha value is -2.93. The van der Waals surface area contributed by atoms with E-state index in [1.807, 2.05) is 19.1 Å². The van der Waals surface area contributed by atoms with E-state index in [1.54, 1.807) is 24.0 Å². The van der Waals surface area contributed by atoms with Gasteiger partial charge < -0.3 is 16.0 Å². The van der Waals surface area contributed by atoms with Gasteiger partial charge in [-0.2, -0.15) is 0 Å². The number of primary amides is 1. The van der Waals surface area contributed by atoms with Gasteiger partial charge in [-0.05, 0) is 56.2 Å². The summed E-state index contributed by atoms with van der Waals surface area (Å²) in [5.41, 5.74) is 6.55. The highest BCUT2D eigenvalue weighted by Gasteiger charge is 2.34. The Bertz CT molecular complexity index is 861. The van der Waals surface area contributed by atoms with Crippen LogP contribution in [-0.2, 0) is 14.4 Å². The van der Waals surface area contributed by atoms with Crippen molar-refractivity contribution in [3.63, 3.8) is 0 Å². The minimum Gasteiger partial charge on any atom is -0.366 e. The fourth-order valence-electron chi connectivity index (χ4n) is 3.31. The van der Waals surface area contributed by atoms with Gasteiger partial charge in [0, 0.05) is 23.5 Å². The minimum absolute atomic E-state index is 0.0656. The Morgan fingerprint density at radius 3 is 2.52 bits per heavy atom. The second-order valence-corrected chi connectivity index (χ2v) is 7.56. The van der Waals surface area contributed by atoms with Gasteiger partial charge in [-0.3, -0.25) is 19.4 Å². The summed E-state index contributed by atoms with van der Waals surface area (Å²) in [6, 6.07) is 7.10. The summed E-state index contributed by atoms with van der Waals surface area (Å²) < 4.78 is 0. The number of nitrogens with zero attached hydrogens (tertiary/aromatic N) is 2. The summed E-state index contributed by atoms with van der Waals surface area (Å²) in [4.78, 5) is 41.9. The second kappa shape index (κ2) is 10.0. The molecule has 0 unspecified atom stereocenters. The second-order valence-electron chi connectivity index (χ2n) is 7.12. The molecule has 2 rings (SSSR count). The van der Waals surface area contributed by atoms with E-state index >= 15 is 0 Å². The average Bonchev–Trinajstić information content (AvgIpc) is 2.67. The van der Waals surface area contributed by atoms with E-state index in [4.69, 9.17) is 17.3 Å². The fraction of sp³-hybridized carbons (Fsp3) is 0.333. The number of hydrogen-bond donors (Lipinski definition) is 2. The van der Waals surface area contributed by atoms with E-state index in [2.05, 4.69) is 17.0 Å². The number of aliphatic imine (C=N–C) groups is 1. The van der Waals surface area contributed by atoms with Gasteiger partial charge >= 0.3 is 11.8 Å². The third-order valence-corrected chi connectivity index (χ3v) is 4.98. The quantitative estimate of drug-likeness (QED) is 0.333. The number of halogens is 1. The SMILES string of the molecule is C=N/C=C(\C=C(/C)NC(=O)C(=O)N1C[C@@H](C)CC[C@@H]1c1ccc(Cl)cc1)C(N)=O. The van der Waals surface area contributed by atoms with Crippen molar-refractivity contribution < 1.29 is 14.4 Å². The number of carbonyl (C=O) groups is 3. The van der Waals surface area contributed by atoms with Crippen molar-refractivity contribution in [3.05, 3.63) is 58.4 Å². The molecule has 8 heteroatoms. The van der Waals surface area contributed by atoms with Gasteiger partial charge in [0.05, 0.1) is 11.6 Å². The van der Waals surface area contributed by atoms with Crippen LogP contribution >= 0.6 is 11.6 Å². The predicted molar refractivity (Wildman–Crippen MR) is 113 cm³/mol. The first kappa shape index (κ1) is 22.4. The predicted octanol–water partition coefficient (Wildman–Crippen LogP) is 2.73. The summed E-state index contributed by atoms with van der Waals surface area (Å²) in [6.45, 7) is 7.36.